The summed E-state index contributed by atoms with van der Waals surface area (Å²) in [4.78, 5) is 12.2. The molecule has 0 saturated carbocycles. The normalized spacial score (nSPS) is 11.2. The average Bonchev–Trinajstić information content (AvgIpc) is 2.59. The van der Waals surface area contributed by atoms with E-state index in [2.05, 4.69) is 16.7 Å². The first-order valence-electron chi connectivity index (χ1n) is 7.88. The molecule has 1 amide bonds. The lowest BCUT2D eigenvalue weighted by atomic mass is 10.1. The average molecular weight is 323 g/mol. The number of nitrogens with zero attached hydrogens (tertiary/aromatic N) is 1. The third-order valence-corrected chi connectivity index (χ3v) is 3.45. The predicted molar refractivity (Wildman–Crippen MR) is 95.1 cm³/mol. The Bertz CT molecular complexity index is 703. The molecule has 1 unspecified atom stereocenters. The molecule has 0 saturated heterocycles. The minimum atomic E-state index is -0.390. The molecule has 124 valence electrons. The van der Waals surface area contributed by atoms with Gasteiger partial charge in [-0.15, -0.1) is 0 Å². The van der Waals surface area contributed by atoms with Gasteiger partial charge in [0.15, 0.2) is 0 Å². The second-order valence-electron chi connectivity index (χ2n) is 5.34. The molecule has 5 nitrogen and oxygen atoms in total. The fraction of sp³-hybridized carbons (Fsp3) is 0.263. The minimum Gasteiger partial charge on any atom is -0.494 e. The number of carbonyl (C=O) groups excluding carboxylic acids is 1. The van der Waals surface area contributed by atoms with Crippen molar-refractivity contribution in [2.75, 3.05) is 17.2 Å². The monoisotopic (exact) mass is 323 g/mol. The van der Waals surface area contributed by atoms with Gasteiger partial charge in [0.25, 0.3) is 0 Å². The maximum absolute atomic E-state index is 12.2. The summed E-state index contributed by atoms with van der Waals surface area (Å²) in [5.74, 6) is 0.652. The third-order valence-electron chi connectivity index (χ3n) is 3.45. The van der Waals surface area contributed by atoms with Crippen LogP contribution in [0, 0.1) is 11.3 Å². The molecule has 0 fully saturated rings. The Morgan fingerprint density at radius 2 is 1.75 bits per heavy atom. The van der Waals surface area contributed by atoms with E-state index in [1.807, 2.05) is 55.5 Å². The lowest BCUT2D eigenvalue weighted by Gasteiger charge is -2.15. The van der Waals surface area contributed by atoms with Crippen LogP contribution in [0.15, 0.2) is 48.5 Å². The molecule has 0 aliphatic carbocycles. The van der Waals surface area contributed by atoms with E-state index in [1.165, 1.54) is 0 Å². The number of carbonyl (C=O) groups is 1. The van der Waals surface area contributed by atoms with E-state index in [1.54, 1.807) is 6.92 Å². The van der Waals surface area contributed by atoms with Gasteiger partial charge in [-0.3, -0.25) is 4.79 Å². The summed E-state index contributed by atoms with van der Waals surface area (Å²) in [5.41, 5.74) is 2.52. The zero-order valence-corrected chi connectivity index (χ0v) is 13.9. The van der Waals surface area contributed by atoms with E-state index in [9.17, 15) is 4.79 Å². The van der Waals surface area contributed by atoms with Crippen LogP contribution < -0.4 is 15.4 Å². The SMILES string of the molecule is CCOc1ccc(NC(=O)C(C)Nc2ccc(CC#N)cc2)cc1. The highest BCUT2D eigenvalue weighted by atomic mass is 16.5. The second kappa shape index (κ2) is 8.59. The molecular weight excluding hydrogens is 302 g/mol. The molecule has 2 aromatic carbocycles. The second-order valence-corrected chi connectivity index (χ2v) is 5.34. The maximum atomic E-state index is 12.2. The molecule has 1 atom stereocenters. The number of anilines is 2. The van der Waals surface area contributed by atoms with Gasteiger partial charge in [-0.05, 0) is 55.8 Å². The Morgan fingerprint density at radius 3 is 2.33 bits per heavy atom. The van der Waals surface area contributed by atoms with Crippen LogP contribution in [-0.4, -0.2) is 18.6 Å². The molecule has 2 N–H and O–H groups in total. The van der Waals surface area contributed by atoms with Crippen LogP contribution in [0.5, 0.6) is 5.75 Å². The van der Waals surface area contributed by atoms with Gasteiger partial charge >= 0.3 is 0 Å². The quantitative estimate of drug-likeness (QED) is 0.816. The van der Waals surface area contributed by atoms with Gasteiger partial charge in [0.1, 0.15) is 11.8 Å². The van der Waals surface area contributed by atoms with Crippen LogP contribution in [0.2, 0.25) is 0 Å². The summed E-state index contributed by atoms with van der Waals surface area (Å²) in [6.45, 7) is 4.34. The van der Waals surface area contributed by atoms with Crippen molar-refractivity contribution in [2.24, 2.45) is 0 Å². The van der Waals surface area contributed by atoms with Gasteiger partial charge in [-0.2, -0.15) is 5.26 Å². The van der Waals surface area contributed by atoms with Crippen molar-refractivity contribution >= 4 is 17.3 Å². The predicted octanol–water partition coefficient (Wildman–Crippen LogP) is 3.59. The highest BCUT2D eigenvalue weighted by Gasteiger charge is 2.12. The fourth-order valence-electron chi connectivity index (χ4n) is 2.18. The van der Waals surface area contributed by atoms with Crippen molar-refractivity contribution in [3.63, 3.8) is 0 Å². The number of nitriles is 1. The van der Waals surface area contributed by atoms with Gasteiger partial charge in [0.05, 0.1) is 19.1 Å². The topological polar surface area (TPSA) is 74.2 Å². The van der Waals surface area contributed by atoms with Gasteiger partial charge in [0, 0.05) is 11.4 Å². The van der Waals surface area contributed by atoms with Crippen LogP contribution in [0.3, 0.4) is 0 Å². The van der Waals surface area contributed by atoms with Crippen molar-refractivity contribution in [3.05, 3.63) is 54.1 Å². The van der Waals surface area contributed by atoms with Gasteiger partial charge < -0.3 is 15.4 Å². The lowest BCUT2D eigenvalue weighted by molar-refractivity contribution is -0.116. The number of benzene rings is 2. The Hall–Kier alpha value is -3.00. The summed E-state index contributed by atoms with van der Waals surface area (Å²) < 4.78 is 5.37. The van der Waals surface area contributed by atoms with Crippen LogP contribution in [0.25, 0.3) is 0 Å². The minimum absolute atomic E-state index is 0.125. The zero-order valence-electron chi connectivity index (χ0n) is 13.9. The van der Waals surface area contributed by atoms with Crippen molar-refractivity contribution in [3.8, 4) is 11.8 Å². The van der Waals surface area contributed by atoms with E-state index in [0.29, 0.717) is 13.0 Å². The summed E-state index contributed by atoms with van der Waals surface area (Å²) in [5, 5.41) is 14.7. The van der Waals surface area contributed by atoms with Gasteiger partial charge in [0.2, 0.25) is 5.91 Å². The summed E-state index contributed by atoms with van der Waals surface area (Å²) in [6, 6.07) is 16.5. The van der Waals surface area contributed by atoms with Crippen LogP contribution >= 0.6 is 0 Å². The summed E-state index contributed by atoms with van der Waals surface area (Å²) in [6.07, 6.45) is 0.383. The van der Waals surface area contributed by atoms with Crippen molar-refractivity contribution in [1.82, 2.24) is 0 Å². The van der Waals surface area contributed by atoms with Crippen LogP contribution in [0.4, 0.5) is 11.4 Å². The first-order valence-corrected chi connectivity index (χ1v) is 7.88. The Balaban J connectivity index is 1.90. The van der Waals surface area contributed by atoms with Crippen LogP contribution in [0.1, 0.15) is 19.4 Å². The molecule has 0 radical (unpaired) electrons. The smallest absolute Gasteiger partial charge is 0.246 e. The van der Waals surface area contributed by atoms with Crippen molar-refractivity contribution in [2.45, 2.75) is 26.3 Å². The summed E-state index contributed by atoms with van der Waals surface area (Å²) in [7, 11) is 0. The lowest BCUT2D eigenvalue weighted by Crippen LogP contribution is -2.31. The molecule has 5 heteroatoms. The largest absolute Gasteiger partial charge is 0.494 e. The third kappa shape index (κ3) is 5.03. The molecule has 0 bridgehead atoms. The number of nitrogens with one attached hydrogen (secondary N) is 2. The van der Waals surface area contributed by atoms with E-state index >= 15 is 0 Å². The molecule has 0 heterocycles. The number of hydrogen-bond acceptors (Lipinski definition) is 4. The van der Waals surface area contributed by atoms with E-state index < -0.39 is 6.04 Å². The first kappa shape index (κ1) is 17.4. The number of ether oxygens (including phenoxy) is 1. The fourth-order valence-corrected chi connectivity index (χ4v) is 2.18. The molecule has 2 rings (SSSR count). The standard InChI is InChI=1S/C19H21N3O2/c1-3-24-18-10-8-17(9-11-18)22-19(23)14(2)21-16-6-4-15(5-7-16)12-13-20/h4-11,14,21H,3,12H2,1-2H3,(H,22,23). The summed E-state index contributed by atoms with van der Waals surface area (Å²) >= 11 is 0. The molecular formula is C19H21N3O2. The Kier molecular flexibility index (Phi) is 6.21. The Labute approximate surface area is 142 Å². The van der Waals surface area contributed by atoms with Crippen molar-refractivity contribution in [1.29, 1.82) is 5.26 Å². The Morgan fingerprint density at radius 1 is 1.12 bits per heavy atom. The first-order chi connectivity index (χ1) is 11.6. The maximum Gasteiger partial charge on any atom is 0.246 e. The molecule has 0 aromatic heterocycles. The number of rotatable bonds is 7. The number of amides is 1. The van der Waals surface area contributed by atoms with Gasteiger partial charge in [-0.25, -0.2) is 0 Å². The molecule has 0 spiro atoms. The van der Waals surface area contributed by atoms with Crippen molar-refractivity contribution < 1.29 is 9.53 Å². The zero-order chi connectivity index (χ0) is 17.4. The molecule has 0 aliphatic rings. The highest BCUT2D eigenvalue weighted by Crippen LogP contribution is 2.16. The van der Waals surface area contributed by atoms with E-state index in [0.717, 1.165) is 22.7 Å². The van der Waals surface area contributed by atoms with Crippen LogP contribution in [-0.2, 0) is 11.2 Å². The van der Waals surface area contributed by atoms with Gasteiger partial charge in [-0.1, -0.05) is 12.1 Å². The van der Waals surface area contributed by atoms with E-state index in [4.69, 9.17) is 10.00 Å². The molecule has 24 heavy (non-hydrogen) atoms. The molecule has 0 aliphatic heterocycles. The highest BCUT2D eigenvalue weighted by molar-refractivity contribution is 5.96. The van der Waals surface area contributed by atoms with E-state index in [-0.39, 0.29) is 5.91 Å². The number of hydrogen-bond donors (Lipinski definition) is 2. The molecule has 2 aromatic rings.